The van der Waals surface area contributed by atoms with Crippen molar-refractivity contribution in [2.75, 3.05) is 44.2 Å². The number of nitrogens with zero attached hydrogens (tertiary/aromatic N) is 4. The number of benzene rings is 2. The second kappa shape index (κ2) is 8.83. The van der Waals surface area contributed by atoms with E-state index in [1.807, 2.05) is 17.5 Å². The van der Waals surface area contributed by atoms with E-state index < -0.39 is 0 Å². The first-order valence-electron chi connectivity index (χ1n) is 10.3. The fraction of sp³-hybridized carbons (Fsp3) is 0.261. The molecule has 0 unspecified atom stereocenters. The topological polar surface area (TPSA) is 56.8 Å². The van der Waals surface area contributed by atoms with Crippen LogP contribution in [0.2, 0.25) is 10.0 Å². The van der Waals surface area contributed by atoms with Crippen molar-refractivity contribution in [2.45, 2.75) is 0 Å². The molecule has 0 bridgehead atoms. The molecular formula is C23H20Cl2N4O2S. The Bertz CT molecular complexity index is 1160. The largest absolute Gasteiger partial charge is 0.346 e. The number of carbonyl (C=O) groups excluding carboxylic acids is 2. The van der Waals surface area contributed by atoms with E-state index in [4.69, 9.17) is 28.2 Å². The van der Waals surface area contributed by atoms with E-state index in [1.54, 1.807) is 41.7 Å². The van der Waals surface area contributed by atoms with Crippen LogP contribution < -0.4 is 4.90 Å². The number of hydrogen-bond donors (Lipinski definition) is 0. The Morgan fingerprint density at radius 2 is 1.56 bits per heavy atom. The number of amides is 2. The molecule has 0 atom stereocenters. The molecule has 32 heavy (non-hydrogen) atoms. The molecule has 1 saturated heterocycles. The van der Waals surface area contributed by atoms with E-state index in [-0.39, 0.29) is 11.8 Å². The fourth-order valence-corrected chi connectivity index (χ4v) is 5.46. The number of hydrogen-bond acceptors (Lipinski definition) is 6. The van der Waals surface area contributed by atoms with E-state index in [1.165, 1.54) is 4.90 Å². The van der Waals surface area contributed by atoms with Crippen molar-refractivity contribution in [1.29, 1.82) is 0 Å². The molecule has 0 radical (unpaired) electrons. The summed E-state index contributed by atoms with van der Waals surface area (Å²) < 4.78 is 0. The van der Waals surface area contributed by atoms with Crippen LogP contribution >= 0.6 is 34.5 Å². The van der Waals surface area contributed by atoms with Gasteiger partial charge in [0, 0.05) is 55.2 Å². The van der Waals surface area contributed by atoms with E-state index >= 15 is 0 Å². The summed E-state index contributed by atoms with van der Waals surface area (Å²) >= 11 is 13.9. The van der Waals surface area contributed by atoms with Gasteiger partial charge in [0.05, 0.1) is 21.8 Å². The molecule has 0 aliphatic carbocycles. The van der Waals surface area contributed by atoms with E-state index in [0.29, 0.717) is 34.3 Å². The first kappa shape index (κ1) is 21.4. The number of rotatable bonds is 5. The highest BCUT2D eigenvalue weighted by Crippen LogP contribution is 2.33. The molecule has 1 fully saturated rings. The number of carbonyl (C=O) groups is 2. The van der Waals surface area contributed by atoms with Crippen LogP contribution in [-0.2, 0) is 0 Å². The lowest BCUT2D eigenvalue weighted by Gasteiger charge is -2.35. The third kappa shape index (κ3) is 4.01. The summed E-state index contributed by atoms with van der Waals surface area (Å²) in [6.45, 7) is 4.44. The average molecular weight is 487 g/mol. The molecule has 5 rings (SSSR count). The standard InChI is InChI=1S/C23H20Cl2N4O2S/c24-15-5-6-18(19(25)13-15)20-14-32-23(26-20)28-10-7-27(8-11-28)9-12-29-21(30)16-3-1-2-4-17(16)22(29)31/h1-6,13-14H,7-12H2. The summed E-state index contributed by atoms with van der Waals surface area (Å²) in [5, 5.41) is 4.17. The smallest absolute Gasteiger partial charge is 0.261 e. The van der Waals surface area contributed by atoms with Crippen molar-refractivity contribution in [3.05, 3.63) is 69.0 Å². The number of fused-ring (bicyclic) bond motifs is 1. The highest BCUT2D eigenvalue weighted by Gasteiger charge is 2.35. The van der Waals surface area contributed by atoms with Crippen LogP contribution in [0.5, 0.6) is 0 Å². The minimum atomic E-state index is -0.194. The lowest BCUT2D eigenvalue weighted by atomic mass is 10.1. The van der Waals surface area contributed by atoms with Gasteiger partial charge in [0.1, 0.15) is 0 Å². The number of thiazole rings is 1. The SMILES string of the molecule is O=C1c2ccccc2C(=O)N1CCN1CCN(c2nc(-c3ccc(Cl)cc3Cl)cs2)CC1. The summed E-state index contributed by atoms with van der Waals surface area (Å²) in [5.41, 5.74) is 2.73. The Morgan fingerprint density at radius 1 is 0.875 bits per heavy atom. The van der Waals surface area contributed by atoms with Crippen LogP contribution in [0.3, 0.4) is 0 Å². The van der Waals surface area contributed by atoms with Crippen molar-refractivity contribution in [1.82, 2.24) is 14.8 Å². The predicted molar refractivity (Wildman–Crippen MR) is 128 cm³/mol. The lowest BCUT2D eigenvalue weighted by Crippen LogP contribution is -2.49. The van der Waals surface area contributed by atoms with Crippen LogP contribution in [0.15, 0.2) is 47.8 Å². The minimum Gasteiger partial charge on any atom is -0.346 e. The first-order valence-corrected chi connectivity index (χ1v) is 12.0. The molecule has 164 valence electrons. The van der Waals surface area contributed by atoms with Crippen molar-refractivity contribution in [3.8, 4) is 11.3 Å². The number of anilines is 1. The Labute approximate surface area is 200 Å². The molecular weight excluding hydrogens is 467 g/mol. The lowest BCUT2D eigenvalue weighted by molar-refractivity contribution is 0.0635. The van der Waals surface area contributed by atoms with Crippen LogP contribution in [0.1, 0.15) is 20.7 Å². The fourth-order valence-electron chi connectivity index (χ4n) is 4.08. The molecule has 1 aromatic heterocycles. The second-order valence-electron chi connectivity index (χ2n) is 7.78. The van der Waals surface area contributed by atoms with Crippen molar-refractivity contribution in [2.24, 2.45) is 0 Å². The van der Waals surface area contributed by atoms with Gasteiger partial charge in [-0.1, -0.05) is 35.3 Å². The Balaban J connectivity index is 1.17. The molecule has 0 spiro atoms. The molecule has 2 aromatic carbocycles. The molecule has 2 aliphatic rings. The van der Waals surface area contributed by atoms with Gasteiger partial charge in [0.25, 0.3) is 11.8 Å². The van der Waals surface area contributed by atoms with Gasteiger partial charge in [-0.25, -0.2) is 4.98 Å². The van der Waals surface area contributed by atoms with Gasteiger partial charge in [-0.05, 0) is 30.3 Å². The predicted octanol–water partition coefficient (Wildman–Crippen LogP) is 4.54. The summed E-state index contributed by atoms with van der Waals surface area (Å²) in [7, 11) is 0. The molecule has 9 heteroatoms. The number of halogens is 2. The zero-order chi connectivity index (χ0) is 22.2. The van der Waals surface area contributed by atoms with Crippen molar-refractivity contribution in [3.63, 3.8) is 0 Å². The summed E-state index contributed by atoms with van der Waals surface area (Å²) in [6, 6.07) is 12.4. The van der Waals surface area contributed by atoms with Crippen LogP contribution in [0.25, 0.3) is 11.3 Å². The molecule has 0 N–H and O–H groups in total. The zero-order valence-corrected chi connectivity index (χ0v) is 19.5. The van der Waals surface area contributed by atoms with Crippen molar-refractivity contribution >= 4 is 51.5 Å². The van der Waals surface area contributed by atoms with Gasteiger partial charge in [0.15, 0.2) is 5.13 Å². The summed E-state index contributed by atoms with van der Waals surface area (Å²) in [6.07, 6.45) is 0. The number of aromatic nitrogens is 1. The third-order valence-corrected chi connectivity index (χ3v) is 7.31. The molecule has 0 saturated carbocycles. The molecule has 6 nitrogen and oxygen atoms in total. The second-order valence-corrected chi connectivity index (χ2v) is 9.46. The van der Waals surface area contributed by atoms with Gasteiger partial charge in [-0.3, -0.25) is 19.4 Å². The molecule has 2 aliphatic heterocycles. The normalized spacial score (nSPS) is 16.7. The monoisotopic (exact) mass is 486 g/mol. The Kier molecular flexibility index (Phi) is 5.90. The minimum absolute atomic E-state index is 0.194. The molecule has 2 amide bonds. The first-order chi connectivity index (χ1) is 15.5. The van der Waals surface area contributed by atoms with E-state index in [9.17, 15) is 9.59 Å². The maximum atomic E-state index is 12.5. The zero-order valence-electron chi connectivity index (χ0n) is 17.1. The van der Waals surface area contributed by atoms with Gasteiger partial charge < -0.3 is 4.90 Å². The molecule has 3 aromatic rings. The Hall–Kier alpha value is -2.45. The van der Waals surface area contributed by atoms with Crippen LogP contribution in [0.4, 0.5) is 5.13 Å². The van der Waals surface area contributed by atoms with Gasteiger partial charge in [-0.15, -0.1) is 11.3 Å². The quantitative estimate of drug-likeness (QED) is 0.495. The number of imide groups is 1. The van der Waals surface area contributed by atoms with Gasteiger partial charge >= 0.3 is 0 Å². The van der Waals surface area contributed by atoms with Crippen molar-refractivity contribution < 1.29 is 9.59 Å². The maximum Gasteiger partial charge on any atom is 0.261 e. The van der Waals surface area contributed by atoms with Crippen LogP contribution in [0, 0.1) is 0 Å². The third-order valence-electron chi connectivity index (χ3n) is 5.86. The number of piperazine rings is 1. The van der Waals surface area contributed by atoms with Gasteiger partial charge in [0.2, 0.25) is 0 Å². The average Bonchev–Trinajstić information content (AvgIpc) is 3.37. The highest BCUT2D eigenvalue weighted by atomic mass is 35.5. The van der Waals surface area contributed by atoms with Gasteiger partial charge in [-0.2, -0.15) is 0 Å². The van der Waals surface area contributed by atoms with E-state index in [2.05, 4.69) is 9.80 Å². The maximum absolute atomic E-state index is 12.5. The summed E-state index contributed by atoms with van der Waals surface area (Å²) in [5.74, 6) is -0.388. The summed E-state index contributed by atoms with van der Waals surface area (Å²) in [4.78, 5) is 35.7. The Morgan fingerprint density at radius 3 is 2.22 bits per heavy atom. The molecule has 3 heterocycles. The van der Waals surface area contributed by atoms with E-state index in [0.717, 1.165) is 42.6 Å². The highest BCUT2D eigenvalue weighted by molar-refractivity contribution is 7.14. The van der Waals surface area contributed by atoms with Crippen LogP contribution in [-0.4, -0.2) is 65.9 Å².